The van der Waals surface area contributed by atoms with E-state index >= 15 is 0 Å². The van der Waals surface area contributed by atoms with Crippen LogP contribution in [0.4, 0.5) is 32.5 Å². The highest BCUT2D eigenvalue weighted by atomic mass is 16.7. The molecule has 8 rings (SSSR count). The monoisotopic (exact) mass is 933 g/mol. The molecule has 2 saturated heterocycles. The van der Waals surface area contributed by atoms with Crippen LogP contribution in [0.1, 0.15) is 70.0 Å². The van der Waals surface area contributed by atoms with Gasteiger partial charge in [-0.2, -0.15) is 0 Å². The van der Waals surface area contributed by atoms with E-state index in [2.05, 4.69) is 34.1 Å². The van der Waals surface area contributed by atoms with Gasteiger partial charge in [0.1, 0.15) is 12.3 Å². The van der Waals surface area contributed by atoms with E-state index in [9.17, 15) is 33.9 Å². The van der Waals surface area contributed by atoms with E-state index in [1.165, 1.54) is 46.7 Å². The number of aromatic nitrogens is 4. The number of aryl methyl sites for hydroxylation is 2. The second kappa shape index (κ2) is 19.9. The summed E-state index contributed by atoms with van der Waals surface area (Å²) in [4.78, 5) is 86.1. The molecule has 356 valence electrons. The molecule has 6 heterocycles. The fraction of sp³-hybridized carbons (Fsp3) is 0.340. The van der Waals surface area contributed by atoms with Crippen LogP contribution in [-0.4, -0.2) is 117 Å². The minimum Gasteiger partial charge on any atom is -0.493 e. The van der Waals surface area contributed by atoms with Crippen LogP contribution >= 0.6 is 0 Å². The van der Waals surface area contributed by atoms with Crippen LogP contribution in [0, 0.1) is 0 Å². The summed E-state index contributed by atoms with van der Waals surface area (Å²) in [7, 11) is 4.67. The number of imidazole rings is 1. The Kier molecular flexibility index (Phi) is 13.6. The Morgan fingerprint density at radius 2 is 1.81 bits per heavy atom. The van der Waals surface area contributed by atoms with Gasteiger partial charge in [-0.3, -0.25) is 29.1 Å². The van der Waals surface area contributed by atoms with E-state index in [-0.39, 0.29) is 78.6 Å². The molecule has 21 heteroatoms. The lowest BCUT2D eigenvalue weighted by Crippen LogP contribution is -2.53. The first-order chi connectivity index (χ1) is 32.7. The van der Waals surface area contributed by atoms with Gasteiger partial charge in [0.2, 0.25) is 11.7 Å². The summed E-state index contributed by atoms with van der Waals surface area (Å²) in [6.07, 6.45) is 5.30. The molecule has 5 aromatic rings. The fourth-order valence-electron chi connectivity index (χ4n) is 8.50. The number of fused-ring (bicyclic) bond motifs is 3. The zero-order valence-electron chi connectivity index (χ0n) is 37.7. The number of carboxylic acid groups (broad SMARTS) is 1. The number of anilines is 4. The first-order valence-electron chi connectivity index (χ1n) is 21.9. The van der Waals surface area contributed by atoms with Gasteiger partial charge in [-0.1, -0.05) is 24.8 Å². The summed E-state index contributed by atoms with van der Waals surface area (Å²) in [5.41, 5.74) is 2.62. The highest BCUT2D eigenvalue weighted by molar-refractivity contribution is 6.07. The van der Waals surface area contributed by atoms with Crippen LogP contribution in [-0.2, 0) is 33.1 Å². The molecular formula is C47H51N9O12. The second-order valence-electron chi connectivity index (χ2n) is 16.5. The third-order valence-corrected chi connectivity index (χ3v) is 11.7. The van der Waals surface area contributed by atoms with Gasteiger partial charge in [0.25, 0.3) is 17.7 Å². The van der Waals surface area contributed by atoms with E-state index in [0.717, 1.165) is 23.3 Å². The second-order valence-corrected chi connectivity index (χ2v) is 16.5. The van der Waals surface area contributed by atoms with Crippen LogP contribution in [0.15, 0.2) is 85.9 Å². The summed E-state index contributed by atoms with van der Waals surface area (Å²) in [5, 5.41) is 19.4. The molecule has 0 spiro atoms. The Balaban J connectivity index is 0.877. The summed E-state index contributed by atoms with van der Waals surface area (Å²) in [6.45, 7) is 8.38. The molecule has 2 fully saturated rings. The quantitative estimate of drug-likeness (QED) is 0.0664. The van der Waals surface area contributed by atoms with Crippen molar-refractivity contribution in [3.8, 4) is 11.5 Å². The van der Waals surface area contributed by atoms with Crippen LogP contribution in [0.2, 0.25) is 0 Å². The first-order valence-corrected chi connectivity index (χ1v) is 21.9. The van der Waals surface area contributed by atoms with Gasteiger partial charge < -0.3 is 53.5 Å². The van der Waals surface area contributed by atoms with E-state index in [0.29, 0.717) is 41.7 Å². The third-order valence-electron chi connectivity index (χ3n) is 11.7. The molecule has 2 aromatic carbocycles. The number of nitrogens with zero attached hydrogens (tertiary/aromatic N) is 6. The van der Waals surface area contributed by atoms with E-state index in [1.54, 1.807) is 60.2 Å². The number of hydrogen-bond acceptors (Lipinski definition) is 12. The Bertz CT molecular complexity index is 2820. The van der Waals surface area contributed by atoms with Crippen molar-refractivity contribution < 1.29 is 57.6 Å². The number of nitrogens with one attached hydrogen (secondary N) is 3. The molecule has 3 aliphatic heterocycles. The van der Waals surface area contributed by atoms with Crippen molar-refractivity contribution in [1.82, 2.24) is 23.6 Å². The molecule has 3 atom stereocenters. The summed E-state index contributed by atoms with van der Waals surface area (Å²) in [6, 6.07) is 10.6. The first kappa shape index (κ1) is 46.6. The lowest BCUT2D eigenvalue weighted by molar-refractivity contribution is -0.195. The standard InChI is InChI=1S/C47H51N9O12/c1-6-16-67-46(61)49-29-12-13-32-28(20-29)14-15-54(32)44(60)34-21-30(25-52(34)3)48-42(58)41-51-38(26-53(41)4)50-39(57)10-9-18-65-37-23-33-31(22-36(37)64-5)43(59)55-24-27(2)19-35(55)45(56(33)47(62)63)68-40-11-7-8-17-66-40/h6,12-15,20-23,25-26,35,40,45H,1-2,7-11,16-19,24H2,3-5H3,(H,48,58)(H,49,61)(H,50,57)(H,62,63). The van der Waals surface area contributed by atoms with Crippen molar-refractivity contribution in [3.63, 3.8) is 0 Å². The van der Waals surface area contributed by atoms with Crippen molar-refractivity contribution in [3.05, 3.63) is 103 Å². The number of hydrogen-bond donors (Lipinski definition) is 4. The molecule has 0 radical (unpaired) electrons. The number of amides is 5. The molecule has 0 bridgehead atoms. The molecule has 3 unspecified atom stereocenters. The average molecular weight is 934 g/mol. The summed E-state index contributed by atoms with van der Waals surface area (Å²) < 4.78 is 33.3. The molecule has 21 nitrogen and oxygen atoms in total. The van der Waals surface area contributed by atoms with E-state index < -0.39 is 48.5 Å². The lowest BCUT2D eigenvalue weighted by atomic mass is 10.1. The van der Waals surface area contributed by atoms with Crippen molar-refractivity contribution in [2.75, 3.05) is 54.3 Å². The average Bonchev–Trinajstić information content (AvgIpc) is 4.10. The van der Waals surface area contributed by atoms with Crippen molar-refractivity contribution in [2.45, 2.75) is 57.1 Å². The number of ether oxygens (including phenoxy) is 5. The van der Waals surface area contributed by atoms with Crippen LogP contribution in [0.3, 0.4) is 0 Å². The number of rotatable bonds is 15. The zero-order chi connectivity index (χ0) is 48.2. The van der Waals surface area contributed by atoms with Crippen molar-refractivity contribution in [2.24, 2.45) is 14.1 Å². The molecule has 4 N–H and O–H groups in total. The smallest absolute Gasteiger partial charge is 0.414 e. The van der Waals surface area contributed by atoms with Gasteiger partial charge >= 0.3 is 12.2 Å². The van der Waals surface area contributed by atoms with Gasteiger partial charge in [-0.05, 0) is 68.5 Å². The maximum Gasteiger partial charge on any atom is 0.414 e. The fourth-order valence-corrected chi connectivity index (χ4v) is 8.50. The minimum atomic E-state index is -1.33. The number of benzene rings is 2. The maximum atomic E-state index is 14.0. The molecule has 3 aromatic heterocycles. The Morgan fingerprint density at radius 1 is 0.985 bits per heavy atom. The zero-order valence-corrected chi connectivity index (χ0v) is 37.7. The largest absolute Gasteiger partial charge is 0.493 e. The number of carbonyl (C=O) groups excluding carboxylic acids is 5. The molecule has 3 aliphatic rings. The van der Waals surface area contributed by atoms with Crippen LogP contribution in [0.5, 0.6) is 11.5 Å². The molecule has 0 saturated carbocycles. The van der Waals surface area contributed by atoms with Crippen molar-refractivity contribution in [1.29, 1.82) is 0 Å². The Hall–Kier alpha value is -7.91. The highest BCUT2D eigenvalue weighted by Gasteiger charge is 2.48. The summed E-state index contributed by atoms with van der Waals surface area (Å²) >= 11 is 0. The van der Waals surface area contributed by atoms with Crippen molar-refractivity contribution >= 4 is 69.6 Å². The molecule has 68 heavy (non-hydrogen) atoms. The minimum absolute atomic E-state index is 0.0107. The van der Waals surface area contributed by atoms with Gasteiger partial charge in [-0.25, -0.2) is 19.5 Å². The molecular weight excluding hydrogens is 883 g/mol. The topological polar surface area (TPSA) is 239 Å². The van der Waals surface area contributed by atoms with Gasteiger partial charge in [0.15, 0.2) is 29.8 Å². The summed E-state index contributed by atoms with van der Waals surface area (Å²) in [5.74, 6) is -1.30. The molecule has 5 amide bonds. The predicted molar refractivity (Wildman–Crippen MR) is 247 cm³/mol. The van der Waals surface area contributed by atoms with Gasteiger partial charge in [0, 0.05) is 69.4 Å². The number of methoxy groups -OCH3 is 1. The molecule has 0 aliphatic carbocycles. The maximum absolute atomic E-state index is 14.0. The Labute approximate surface area is 389 Å². The predicted octanol–water partition coefficient (Wildman–Crippen LogP) is 6.33. The van der Waals surface area contributed by atoms with Crippen LogP contribution < -0.4 is 30.3 Å². The van der Waals surface area contributed by atoms with E-state index in [1.807, 2.05) is 0 Å². The van der Waals surface area contributed by atoms with Crippen LogP contribution in [0.25, 0.3) is 10.9 Å². The third kappa shape index (κ3) is 9.79. The lowest BCUT2D eigenvalue weighted by Gasteiger charge is -2.37. The normalized spacial score (nSPS) is 17.8. The number of carbonyl (C=O) groups is 6. The highest BCUT2D eigenvalue weighted by Crippen LogP contribution is 2.43. The van der Waals surface area contributed by atoms with E-state index in [4.69, 9.17) is 23.7 Å². The van der Waals surface area contributed by atoms with Gasteiger partial charge in [-0.15, -0.1) is 0 Å². The SMILES string of the molecule is C=CCOC(=O)Nc1ccc2c(ccn2C(=O)c2cc(NC(=O)c3nc(NC(=O)CCCOc4cc5c(cc4OC)C(=O)N4CC(=C)CC4C(OC4CCCCO4)N5C(=O)O)cn3C)cn2C)c1. The van der Waals surface area contributed by atoms with Gasteiger partial charge in [0.05, 0.1) is 42.2 Å². The Morgan fingerprint density at radius 3 is 2.56 bits per heavy atom.